The van der Waals surface area contributed by atoms with Crippen molar-refractivity contribution in [1.82, 2.24) is 0 Å². The summed E-state index contributed by atoms with van der Waals surface area (Å²) in [4.78, 5) is 11.9. The van der Waals surface area contributed by atoms with Crippen molar-refractivity contribution >= 4 is 34.5 Å². The summed E-state index contributed by atoms with van der Waals surface area (Å²) in [6.45, 7) is 0. The van der Waals surface area contributed by atoms with Crippen molar-refractivity contribution in [2.24, 2.45) is 0 Å². The van der Waals surface area contributed by atoms with Crippen LogP contribution in [0.3, 0.4) is 0 Å². The minimum atomic E-state index is -0.376. The number of nitrogens with zero attached hydrogens (tertiary/aromatic N) is 1. The minimum absolute atomic E-state index is 0.0685. The highest BCUT2D eigenvalue weighted by molar-refractivity contribution is 9.08. The number of alkyl halides is 1. The summed E-state index contributed by atoms with van der Waals surface area (Å²) in [5.41, 5.74) is 1.96. The smallest absolute Gasteiger partial charge is 0.310 e. The molecule has 0 aliphatic rings. The summed E-state index contributed by atoms with van der Waals surface area (Å²) in [5.74, 6) is -0.376. The molecule has 0 saturated heterocycles. The first-order valence-electron chi connectivity index (χ1n) is 4.50. The Morgan fingerprint density at radius 2 is 2.31 bits per heavy atom. The normalized spacial score (nSPS) is 9.62. The number of esters is 1. The molecular weight excluding hydrogens is 290 g/mol. The predicted molar refractivity (Wildman–Crippen MR) is 66.8 cm³/mol. The summed E-state index contributed by atoms with van der Waals surface area (Å²) < 4.78 is 4.59. The molecule has 84 valence electrons. The van der Waals surface area contributed by atoms with Crippen LogP contribution < -0.4 is 0 Å². The number of carbonyl (C=O) groups is 1. The van der Waals surface area contributed by atoms with E-state index in [1.807, 2.05) is 6.07 Å². The number of hydrogen-bond donors (Lipinski definition) is 1. The molecule has 0 aliphatic heterocycles. The molecular formula is C11H10BrNO2S. The van der Waals surface area contributed by atoms with Gasteiger partial charge in [-0.2, -0.15) is 5.26 Å². The van der Waals surface area contributed by atoms with Crippen molar-refractivity contribution in [2.45, 2.75) is 16.6 Å². The first-order valence-corrected chi connectivity index (χ1v) is 6.07. The first kappa shape index (κ1) is 13.1. The molecule has 0 unspecified atom stereocenters. The van der Waals surface area contributed by atoms with Crippen LogP contribution in [0.4, 0.5) is 0 Å². The predicted octanol–water partition coefficient (Wildman–Crippen LogP) is 2.46. The molecule has 0 aromatic heterocycles. The van der Waals surface area contributed by atoms with Gasteiger partial charge in [-0.05, 0) is 17.2 Å². The van der Waals surface area contributed by atoms with E-state index in [-0.39, 0.29) is 12.4 Å². The van der Waals surface area contributed by atoms with Gasteiger partial charge in [0.25, 0.3) is 0 Å². The molecule has 3 nitrogen and oxygen atoms in total. The van der Waals surface area contributed by atoms with Gasteiger partial charge in [0.2, 0.25) is 0 Å². The van der Waals surface area contributed by atoms with Crippen molar-refractivity contribution < 1.29 is 9.53 Å². The van der Waals surface area contributed by atoms with Gasteiger partial charge < -0.3 is 4.74 Å². The van der Waals surface area contributed by atoms with Gasteiger partial charge in [0, 0.05) is 10.2 Å². The zero-order valence-corrected chi connectivity index (χ0v) is 11.1. The van der Waals surface area contributed by atoms with Crippen molar-refractivity contribution in [3.8, 4) is 6.07 Å². The van der Waals surface area contributed by atoms with Gasteiger partial charge in [-0.25, -0.2) is 0 Å². The number of rotatable bonds is 3. The van der Waals surface area contributed by atoms with Crippen LogP contribution in [0.25, 0.3) is 0 Å². The van der Waals surface area contributed by atoms with Gasteiger partial charge in [0.05, 0.1) is 25.2 Å². The molecule has 5 heteroatoms. The lowest BCUT2D eigenvalue weighted by Crippen LogP contribution is -2.08. The Morgan fingerprint density at radius 1 is 1.62 bits per heavy atom. The Balaban J connectivity index is 3.25. The lowest BCUT2D eigenvalue weighted by Gasteiger charge is -2.09. The van der Waals surface area contributed by atoms with Crippen molar-refractivity contribution in [3.05, 3.63) is 28.8 Å². The number of benzene rings is 1. The maximum absolute atomic E-state index is 11.2. The molecule has 16 heavy (non-hydrogen) atoms. The Bertz CT molecular complexity index is 454. The molecule has 0 atom stereocenters. The van der Waals surface area contributed by atoms with E-state index < -0.39 is 0 Å². The molecule has 0 N–H and O–H groups in total. The van der Waals surface area contributed by atoms with Gasteiger partial charge in [-0.1, -0.05) is 22.0 Å². The standard InChI is InChI=1S/C11H10BrNO2S/c1-15-11(14)4-8-9(6-13)7(5-12)2-3-10(8)16/h2-3,16H,4-5H2,1H3. The second-order valence-electron chi connectivity index (χ2n) is 3.10. The van der Waals surface area contributed by atoms with Gasteiger partial charge >= 0.3 is 5.97 Å². The summed E-state index contributed by atoms with van der Waals surface area (Å²) in [6.07, 6.45) is 0.0685. The summed E-state index contributed by atoms with van der Waals surface area (Å²) in [7, 11) is 1.32. The van der Waals surface area contributed by atoms with E-state index in [9.17, 15) is 4.79 Å². The molecule has 1 aromatic rings. The Labute approximate surface area is 108 Å². The molecule has 0 bridgehead atoms. The van der Waals surface area contributed by atoms with Crippen molar-refractivity contribution in [2.75, 3.05) is 7.11 Å². The van der Waals surface area contributed by atoms with E-state index in [1.165, 1.54) is 7.11 Å². The molecule has 0 aliphatic carbocycles. The number of nitriles is 1. The first-order chi connectivity index (χ1) is 7.63. The quantitative estimate of drug-likeness (QED) is 0.530. The Hall–Kier alpha value is -0.990. The molecule has 0 amide bonds. The zero-order chi connectivity index (χ0) is 12.1. The van der Waals surface area contributed by atoms with Crippen LogP contribution in [0, 0.1) is 11.3 Å². The van der Waals surface area contributed by atoms with Crippen LogP contribution in [0.5, 0.6) is 0 Å². The highest BCUT2D eigenvalue weighted by atomic mass is 79.9. The zero-order valence-electron chi connectivity index (χ0n) is 8.66. The van der Waals surface area contributed by atoms with Crippen LogP contribution in [0.15, 0.2) is 17.0 Å². The van der Waals surface area contributed by atoms with E-state index in [2.05, 4.69) is 39.4 Å². The van der Waals surface area contributed by atoms with E-state index in [0.29, 0.717) is 21.4 Å². The van der Waals surface area contributed by atoms with Gasteiger partial charge in [0.1, 0.15) is 0 Å². The molecule has 0 spiro atoms. The van der Waals surface area contributed by atoms with E-state index in [1.54, 1.807) is 6.07 Å². The largest absolute Gasteiger partial charge is 0.469 e. The third-order valence-corrected chi connectivity index (χ3v) is 3.20. The molecule has 1 aromatic carbocycles. The van der Waals surface area contributed by atoms with E-state index >= 15 is 0 Å². The molecule has 0 radical (unpaired) electrons. The van der Waals surface area contributed by atoms with Crippen LogP contribution in [-0.2, 0) is 21.3 Å². The highest BCUT2D eigenvalue weighted by Gasteiger charge is 2.14. The lowest BCUT2D eigenvalue weighted by molar-refractivity contribution is -0.139. The monoisotopic (exact) mass is 299 g/mol. The minimum Gasteiger partial charge on any atom is -0.469 e. The van der Waals surface area contributed by atoms with Crippen molar-refractivity contribution in [1.29, 1.82) is 5.26 Å². The topological polar surface area (TPSA) is 50.1 Å². The maximum atomic E-state index is 11.2. The maximum Gasteiger partial charge on any atom is 0.310 e. The number of ether oxygens (including phenoxy) is 1. The lowest BCUT2D eigenvalue weighted by atomic mass is 10.0. The van der Waals surface area contributed by atoms with E-state index in [0.717, 1.165) is 5.56 Å². The Morgan fingerprint density at radius 3 is 2.81 bits per heavy atom. The summed E-state index contributed by atoms with van der Waals surface area (Å²) in [6, 6.07) is 5.69. The van der Waals surface area contributed by atoms with E-state index in [4.69, 9.17) is 5.26 Å². The number of carbonyl (C=O) groups excluding carboxylic acids is 1. The molecule has 0 fully saturated rings. The third kappa shape index (κ3) is 2.77. The summed E-state index contributed by atoms with van der Waals surface area (Å²) in [5, 5.41) is 9.65. The average molecular weight is 300 g/mol. The third-order valence-electron chi connectivity index (χ3n) is 2.18. The highest BCUT2D eigenvalue weighted by Crippen LogP contribution is 2.24. The fraction of sp³-hybridized carbons (Fsp3) is 0.273. The summed E-state index contributed by atoms with van der Waals surface area (Å²) >= 11 is 7.55. The second-order valence-corrected chi connectivity index (χ2v) is 4.14. The van der Waals surface area contributed by atoms with Crippen LogP contribution in [0.2, 0.25) is 0 Å². The van der Waals surface area contributed by atoms with Gasteiger partial charge in [-0.3, -0.25) is 4.79 Å². The SMILES string of the molecule is COC(=O)Cc1c(S)ccc(CBr)c1C#N. The van der Waals surface area contributed by atoms with Gasteiger partial charge in [-0.15, -0.1) is 12.6 Å². The van der Waals surface area contributed by atoms with Crippen LogP contribution >= 0.6 is 28.6 Å². The Kier molecular flexibility index (Phi) is 4.84. The van der Waals surface area contributed by atoms with Gasteiger partial charge in [0.15, 0.2) is 0 Å². The number of hydrogen-bond acceptors (Lipinski definition) is 4. The fourth-order valence-electron chi connectivity index (χ4n) is 1.33. The molecule has 0 saturated carbocycles. The molecule has 0 heterocycles. The number of thiol groups is 1. The number of methoxy groups -OCH3 is 1. The van der Waals surface area contributed by atoms with Crippen LogP contribution in [-0.4, -0.2) is 13.1 Å². The molecule has 1 rings (SSSR count). The fourth-order valence-corrected chi connectivity index (χ4v) is 2.06. The van der Waals surface area contributed by atoms with Crippen molar-refractivity contribution in [3.63, 3.8) is 0 Å². The average Bonchev–Trinajstić information content (AvgIpc) is 2.31. The second kappa shape index (κ2) is 5.92. The van der Waals surface area contributed by atoms with Crippen LogP contribution in [0.1, 0.15) is 16.7 Å². The number of halogens is 1.